The molecule has 1 aliphatic rings. The molecule has 2 heterocycles. The van der Waals surface area contributed by atoms with Crippen LogP contribution in [0.15, 0.2) is 46.1 Å². The van der Waals surface area contributed by atoms with Crippen LogP contribution in [-0.4, -0.2) is 37.8 Å². The third-order valence-corrected chi connectivity index (χ3v) is 6.20. The highest BCUT2D eigenvalue weighted by Gasteiger charge is 2.32. The van der Waals surface area contributed by atoms with Gasteiger partial charge in [0.05, 0.1) is 28.7 Å². The van der Waals surface area contributed by atoms with Crippen molar-refractivity contribution in [1.29, 1.82) is 0 Å². The lowest BCUT2D eigenvalue weighted by molar-refractivity contribution is 0.0981. The second-order valence-electron chi connectivity index (χ2n) is 5.92. The Morgan fingerprint density at radius 1 is 1.04 bits per heavy atom. The molecule has 0 aliphatic carbocycles. The number of nitrogens with one attached hydrogen (secondary N) is 2. The number of ketones is 1. The molecule has 0 spiro atoms. The smallest absolute Gasteiger partial charge is 0.323 e. The minimum atomic E-state index is -3.90. The maximum absolute atomic E-state index is 13.1. The lowest BCUT2D eigenvalue weighted by Gasteiger charge is -2.30. The number of carbonyl (C=O) groups excluding carboxylic acids is 1. The van der Waals surface area contributed by atoms with Crippen LogP contribution in [-0.2, 0) is 10.0 Å². The van der Waals surface area contributed by atoms with E-state index in [1.54, 1.807) is 18.2 Å². The second kappa shape index (κ2) is 5.73. The van der Waals surface area contributed by atoms with Gasteiger partial charge in [-0.05, 0) is 36.4 Å². The number of aromatic nitrogens is 2. The Balaban J connectivity index is 1.84. The van der Waals surface area contributed by atoms with Gasteiger partial charge in [0.2, 0.25) is 0 Å². The van der Waals surface area contributed by atoms with E-state index in [9.17, 15) is 18.0 Å². The molecule has 2 aromatic carbocycles. The van der Waals surface area contributed by atoms with E-state index in [1.165, 1.54) is 29.6 Å². The van der Waals surface area contributed by atoms with Crippen molar-refractivity contribution < 1.29 is 17.9 Å². The van der Waals surface area contributed by atoms with Crippen LogP contribution in [0.25, 0.3) is 11.0 Å². The third kappa shape index (κ3) is 2.48. The SMILES string of the molecule is COc1ccc2c(c1)C(=O)CCN2S(=O)(=O)c1ccc2[nH]c(=O)[nH]c2c1. The van der Waals surface area contributed by atoms with E-state index in [4.69, 9.17) is 4.74 Å². The summed E-state index contributed by atoms with van der Waals surface area (Å²) in [7, 11) is -2.41. The Kier molecular flexibility index (Phi) is 3.62. The highest BCUT2D eigenvalue weighted by atomic mass is 32.2. The molecule has 8 nitrogen and oxygen atoms in total. The van der Waals surface area contributed by atoms with Crippen molar-refractivity contribution in [3.05, 3.63) is 52.4 Å². The van der Waals surface area contributed by atoms with E-state index in [0.717, 1.165) is 0 Å². The van der Waals surface area contributed by atoms with Crippen LogP contribution < -0.4 is 14.7 Å². The van der Waals surface area contributed by atoms with Crippen LogP contribution in [0.4, 0.5) is 5.69 Å². The lowest BCUT2D eigenvalue weighted by Crippen LogP contribution is -2.37. The predicted octanol–water partition coefficient (Wildman–Crippen LogP) is 1.65. The second-order valence-corrected chi connectivity index (χ2v) is 7.78. The van der Waals surface area contributed by atoms with Crippen LogP contribution in [0.5, 0.6) is 5.75 Å². The molecule has 0 saturated carbocycles. The summed E-state index contributed by atoms with van der Waals surface area (Å²) in [5, 5.41) is 0. The first-order valence-electron chi connectivity index (χ1n) is 7.86. The number of carbonyl (C=O) groups is 1. The standard InChI is InChI=1S/C17H15N3O5S/c1-25-10-2-5-15-12(8-10)16(21)6-7-20(15)26(23,24)11-3-4-13-14(9-11)19-17(22)18-13/h2-5,8-9H,6-7H2,1H3,(H2,18,19,22). The molecule has 0 saturated heterocycles. The predicted molar refractivity (Wildman–Crippen MR) is 95.4 cm³/mol. The Bertz CT molecular complexity index is 1190. The first-order chi connectivity index (χ1) is 12.4. The largest absolute Gasteiger partial charge is 0.497 e. The van der Waals surface area contributed by atoms with Crippen molar-refractivity contribution in [2.75, 3.05) is 18.0 Å². The maximum Gasteiger partial charge on any atom is 0.323 e. The van der Waals surface area contributed by atoms with E-state index in [1.807, 2.05) is 0 Å². The molecular weight excluding hydrogens is 358 g/mol. The topological polar surface area (TPSA) is 112 Å². The Morgan fingerprint density at radius 2 is 1.81 bits per heavy atom. The fraction of sp³-hybridized carbons (Fsp3) is 0.176. The maximum atomic E-state index is 13.1. The molecule has 4 rings (SSSR count). The summed E-state index contributed by atoms with van der Waals surface area (Å²) >= 11 is 0. The third-order valence-electron chi connectivity index (χ3n) is 4.39. The van der Waals surface area contributed by atoms with Gasteiger partial charge in [-0.1, -0.05) is 0 Å². The van der Waals surface area contributed by atoms with Crippen molar-refractivity contribution in [3.63, 3.8) is 0 Å². The number of hydrogen-bond donors (Lipinski definition) is 2. The molecule has 0 amide bonds. The van der Waals surface area contributed by atoms with Crippen molar-refractivity contribution in [3.8, 4) is 5.75 Å². The van der Waals surface area contributed by atoms with E-state index in [2.05, 4.69) is 9.97 Å². The number of hydrogen-bond acceptors (Lipinski definition) is 5. The number of fused-ring (bicyclic) bond motifs is 2. The monoisotopic (exact) mass is 373 g/mol. The van der Waals surface area contributed by atoms with Gasteiger partial charge in [0.15, 0.2) is 5.78 Å². The van der Waals surface area contributed by atoms with Crippen LogP contribution >= 0.6 is 0 Å². The summed E-state index contributed by atoms with van der Waals surface area (Å²) in [5.41, 5.74) is 1.16. The summed E-state index contributed by atoms with van der Waals surface area (Å²) < 4.78 is 32.6. The van der Waals surface area contributed by atoms with Crippen molar-refractivity contribution >= 4 is 32.5 Å². The van der Waals surface area contributed by atoms with Gasteiger partial charge in [-0.3, -0.25) is 9.10 Å². The summed E-state index contributed by atoms with van der Waals surface area (Å²) in [6.45, 7) is 0.0577. The molecule has 0 atom stereocenters. The number of rotatable bonds is 3. The van der Waals surface area contributed by atoms with E-state index >= 15 is 0 Å². The molecule has 0 fully saturated rings. The van der Waals surface area contributed by atoms with Crippen molar-refractivity contribution in [1.82, 2.24) is 9.97 Å². The molecule has 0 bridgehead atoms. The number of benzene rings is 2. The minimum absolute atomic E-state index is 0.0383. The van der Waals surface area contributed by atoms with Crippen LogP contribution in [0.3, 0.4) is 0 Å². The van der Waals surface area contributed by atoms with Gasteiger partial charge >= 0.3 is 5.69 Å². The van der Waals surface area contributed by atoms with Gasteiger partial charge < -0.3 is 14.7 Å². The summed E-state index contributed by atoms with van der Waals surface area (Å²) in [5.74, 6) is 0.360. The lowest BCUT2D eigenvalue weighted by atomic mass is 10.0. The zero-order valence-electron chi connectivity index (χ0n) is 13.8. The molecule has 1 aromatic heterocycles. The van der Waals surface area contributed by atoms with Crippen molar-refractivity contribution in [2.45, 2.75) is 11.3 Å². The number of aromatic amines is 2. The van der Waals surface area contributed by atoms with Gasteiger partial charge in [-0.15, -0.1) is 0 Å². The molecule has 2 N–H and O–H groups in total. The first kappa shape index (κ1) is 16.4. The molecule has 0 unspecified atom stereocenters. The molecule has 3 aromatic rings. The summed E-state index contributed by atoms with van der Waals surface area (Å²) in [4.78, 5) is 28.8. The van der Waals surface area contributed by atoms with Crippen molar-refractivity contribution in [2.24, 2.45) is 0 Å². The van der Waals surface area contributed by atoms with E-state index in [-0.39, 0.29) is 23.6 Å². The molecule has 134 valence electrons. The Morgan fingerprint density at radius 3 is 2.58 bits per heavy atom. The molecule has 0 radical (unpaired) electrons. The number of H-pyrrole nitrogens is 2. The van der Waals surface area contributed by atoms with E-state index < -0.39 is 15.7 Å². The highest BCUT2D eigenvalue weighted by molar-refractivity contribution is 7.92. The minimum Gasteiger partial charge on any atom is -0.497 e. The van der Waals surface area contributed by atoms with Crippen LogP contribution in [0.1, 0.15) is 16.8 Å². The number of ether oxygens (including phenoxy) is 1. The molecule has 26 heavy (non-hydrogen) atoms. The summed E-state index contributed by atoms with van der Waals surface area (Å²) in [6.07, 6.45) is 0.0859. The van der Waals surface area contributed by atoms with Gasteiger partial charge in [-0.2, -0.15) is 0 Å². The summed E-state index contributed by atoms with van der Waals surface area (Å²) in [6, 6.07) is 9.10. The van der Waals surface area contributed by atoms with Gasteiger partial charge in [0, 0.05) is 18.5 Å². The number of sulfonamides is 1. The first-order valence-corrected chi connectivity index (χ1v) is 9.30. The Hall–Kier alpha value is -3.07. The fourth-order valence-electron chi connectivity index (χ4n) is 3.09. The Labute approximate surface area is 148 Å². The number of nitrogens with zero attached hydrogens (tertiary/aromatic N) is 1. The van der Waals surface area contributed by atoms with Gasteiger partial charge in [0.1, 0.15) is 5.75 Å². The number of methoxy groups -OCH3 is 1. The van der Waals surface area contributed by atoms with Crippen LogP contribution in [0.2, 0.25) is 0 Å². The number of anilines is 1. The fourth-order valence-corrected chi connectivity index (χ4v) is 4.60. The quantitative estimate of drug-likeness (QED) is 0.725. The average molecular weight is 373 g/mol. The molecule has 1 aliphatic heterocycles. The van der Waals surface area contributed by atoms with Gasteiger partial charge in [0.25, 0.3) is 10.0 Å². The number of Topliss-reactive ketones (excluding diaryl/α,β-unsaturated/α-hetero) is 1. The molecule has 9 heteroatoms. The molecular formula is C17H15N3O5S. The average Bonchev–Trinajstić information content (AvgIpc) is 3.00. The zero-order valence-corrected chi connectivity index (χ0v) is 14.6. The normalized spacial score (nSPS) is 14.5. The zero-order chi connectivity index (χ0) is 18.5. The number of imidazole rings is 1. The van der Waals surface area contributed by atoms with Gasteiger partial charge in [-0.25, -0.2) is 13.2 Å². The van der Waals surface area contributed by atoms with Crippen LogP contribution in [0, 0.1) is 0 Å². The van der Waals surface area contributed by atoms with E-state index in [0.29, 0.717) is 28.0 Å². The highest BCUT2D eigenvalue weighted by Crippen LogP contribution is 2.34.